The van der Waals surface area contributed by atoms with Gasteiger partial charge in [-0.1, -0.05) is 124 Å². The molecule has 258 valence electrons. The quantitative estimate of drug-likeness (QED) is 0.0482. The number of carbonyl (C=O) groups excluding carboxylic acids is 2. The average Bonchev–Trinajstić information content (AvgIpc) is 3.06. The Morgan fingerprint density at radius 1 is 0.522 bits per heavy atom. The van der Waals surface area contributed by atoms with Gasteiger partial charge in [0, 0.05) is 12.8 Å². The van der Waals surface area contributed by atoms with Gasteiger partial charge >= 0.3 is 11.9 Å². The van der Waals surface area contributed by atoms with Crippen molar-refractivity contribution in [2.45, 2.75) is 136 Å². The molecule has 0 aromatic carbocycles. The van der Waals surface area contributed by atoms with Gasteiger partial charge in [0.15, 0.2) is 6.10 Å². The number of aliphatic hydroxyl groups is 1. The van der Waals surface area contributed by atoms with Gasteiger partial charge in [-0.3, -0.25) is 9.59 Å². The molecule has 0 aromatic rings. The maximum absolute atomic E-state index is 12.1. The number of carbonyl (C=O) groups is 2. The van der Waals surface area contributed by atoms with E-state index in [-0.39, 0.29) is 31.6 Å². The monoisotopic (exact) mass is 636 g/mol. The van der Waals surface area contributed by atoms with Crippen molar-refractivity contribution in [3.8, 4) is 0 Å². The minimum atomic E-state index is -0.819. The second kappa shape index (κ2) is 36.3. The first-order chi connectivity index (χ1) is 22.6. The normalized spacial score (nSPS) is 13.4. The smallest absolute Gasteiger partial charge is 0.306 e. The Morgan fingerprint density at radius 2 is 0.935 bits per heavy atom. The molecule has 0 rings (SSSR count). The summed E-state index contributed by atoms with van der Waals surface area (Å²) in [5, 5.41) is 9.51. The van der Waals surface area contributed by atoms with E-state index >= 15 is 0 Å². The zero-order valence-corrected chi connectivity index (χ0v) is 29.0. The summed E-state index contributed by atoms with van der Waals surface area (Å²) in [4.78, 5) is 24.1. The molecule has 1 N–H and O–H groups in total. The van der Waals surface area contributed by atoms with Gasteiger partial charge in [0.1, 0.15) is 6.61 Å². The number of ether oxygens (including phenoxy) is 2. The number of esters is 2. The number of rotatable bonds is 30. The Bertz CT molecular complexity index is 948. The topological polar surface area (TPSA) is 72.8 Å². The summed E-state index contributed by atoms with van der Waals surface area (Å²) < 4.78 is 10.5. The van der Waals surface area contributed by atoms with E-state index in [2.05, 4.69) is 111 Å². The van der Waals surface area contributed by atoms with E-state index in [1.807, 2.05) is 0 Å². The molecule has 0 saturated carbocycles. The van der Waals surface area contributed by atoms with E-state index < -0.39 is 6.10 Å². The summed E-state index contributed by atoms with van der Waals surface area (Å²) in [6, 6.07) is 0. The van der Waals surface area contributed by atoms with E-state index in [4.69, 9.17) is 9.47 Å². The Labute approximate surface area is 281 Å². The van der Waals surface area contributed by atoms with Gasteiger partial charge < -0.3 is 14.6 Å². The van der Waals surface area contributed by atoms with Crippen LogP contribution in [-0.4, -0.2) is 36.4 Å². The number of allylic oxidation sites excluding steroid dienone is 16. The van der Waals surface area contributed by atoms with Crippen LogP contribution in [0.1, 0.15) is 129 Å². The Kier molecular flexibility index (Phi) is 33.8. The zero-order valence-electron chi connectivity index (χ0n) is 29.0. The summed E-state index contributed by atoms with van der Waals surface area (Å²) in [6.07, 6.45) is 50.4. The highest BCUT2D eigenvalue weighted by molar-refractivity contribution is 5.70. The number of aliphatic hydroxyl groups excluding tert-OH is 1. The average molecular weight is 637 g/mol. The van der Waals surface area contributed by atoms with Gasteiger partial charge in [-0.2, -0.15) is 0 Å². The predicted octanol–water partition coefficient (Wildman–Crippen LogP) is 10.9. The molecule has 1 atom stereocenters. The van der Waals surface area contributed by atoms with E-state index in [9.17, 15) is 14.7 Å². The van der Waals surface area contributed by atoms with Crippen LogP contribution >= 0.6 is 0 Å². The highest BCUT2D eigenvalue weighted by Gasteiger charge is 2.15. The van der Waals surface area contributed by atoms with Crippen molar-refractivity contribution in [2.24, 2.45) is 0 Å². The molecule has 1 unspecified atom stereocenters. The van der Waals surface area contributed by atoms with Gasteiger partial charge in [-0.05, 0) is 89.9 Å². The van der Waals surface area contributed by atoms with E-state index in [0.29, 0.717) is 12.8 Å². The van der Waals surface area contributed by atoms with Crippen molar-refractivity contribution in [1.29, 1.82) is 0 Å². The maximum atomic E-state index is 12.1. The first kappa shape index (κ1) is 42.8. The third-order valence-electron chi connectivity index (χ3n) is 6.86. The molecule has 0 bridgehead atoms. The SMILES string of the molecule is CCC=CCC=CCC=CCC=CCC=CCCCC(=O)OCC(CO)OC(=O)CCCCC=CCC=CCC=CCCCCC. The van der Waals surface area contributed by atoms with Crippen LogP contribution in [0.3, 0.4) is 0 Å². The van der Waals surface area contributed by atoms with Gasteiger partial charge in [0.2, 0.25) is 0 Å². The Hall–Kier alpha value is -3.18. The third kappa shape index (κ3) is 33.7. The summed E-state index contributed by atoms with van der Waals surface area (Å²) in [5.41, 5.74) is 0. The molecule has 5 nitrogen and oxygen atoms in total. The van der Waals surface area contributed by atoms with E-state index in [1.54, 1.807) is 0 Å². The van der Waals surface area contributed by atoms with Crippen LogP contribution in [-0.2, 0) is 19.1 Å². The molecule has 0 aliphatic carbocycles. The van der Waals surface area contributed by atoms with Crippen molar-refractivity contribution in [2.75, 3.05) is 13.2 Å². The zero-order chi connectivity index (χ0) is 33.6. The van der Waals surface area contributed by atoms with Crippen molar-refractivity contribution in [1.82, 2.24) is 0 Å². The highest BCUT2D eigenvalue weighted by atomic mass is 16.6. The van der Waals surface area contributed by atoms with Gasteiger partial charge in [-0.15, -0.1) is 0 Å². The molecule has 0 spiro atoms. The fourth-order valence-electron chi connectivity index (χ4n) is 4.18. The second-order valence-electron chi connectivity index (χ2n) is 11.2. The largest absolute Gasteiger partial charge is 0.462 e. The van der Waals surface area contributed by atoms with Crippen LogP contribution < -0.4 is 0 Å². The molecular weight excluding hydrogens is 572 g/mol. The van der Waals surface area contributed by atoms with Gasteiger partial charge in [-0.25, -0.2) is 0 Å². The van der Waals surface area contributed by atoms with E-state index in [1.165, 1.54) is 25.7 Å². The van der Waals surface area contributed by atoms with Crippen molar-refractivity contribution in [3.05, 3.63) is 97.2 Å². The lowest BCUT2D eigenvalue weighted by atomic mass is 10.1. The summed E-state index contributed by atoms with van der Waals surface area (Å²) >= 11 is 0. The van der Waals surface area contributed by atoms with Crippen LogP contribution in [0.4, 0.5) is 0 Å². The second-order valence-corrected chi connectivity index (χ2v) is 11.2. The lowest BCUT2D eigenvalue weighted by Crippen LogP contribution is -2.28. The number of unbranched alkanes of at least 4 members (excludes halogenated alkanes) is 6. The van der Waals surface area contributed by atoms with Crippen LogP contribution in [0.5, 0.6) is 0 Å². The van der Waals surface area contributed by atoms with Crippen LogP contribution in [0.15, 0.2) is 97.2 Å². The maximum Gasteiger partial charge on any atom is 0.306 e. The lowest BCUT2D eigenvalue weighted by Gasteiger charge is -2.15. The van der Waals surface area contributed by atoms with Crippen molar-refractivity contribution >= 4 is 11.9 Å². The van der Waals surface area contributed by atoms with Crippen molar-refractivity contribution < 1.29 is 24.2 Å². The Balaban J connectivity index is 3.80. The number of hydrogen-bond donors (Lipinski definition) is 1. The van der Waals surface area contributed by atoms with Crippen LogP contribution in [0, 0.1) is 0 Å². The summed E-state index contributed by atoms with van der Waals surface area (Å²) in [7, 11) is 0. The molecule has 0 heterocycles. The minimum Gasteiger partial charge on any atom is -0.462 e. The molecule has 0 aromatic heterocycles. The standard InChI is InChI=1S/C41H64O5/c1-3-5-7-9-11-13-15-17-19-20-22-23-25-27-29-31-33-35-40(43)45-38-39(37-42)46-41(44)36-34-32-30-28-26-24-21-18-16-14-12-10-8-6-4-2/h5,7,11-14,17-19,21-23,26-29,39,42H,3-4,6,8-10,15-16,20,24-25,30-38H2,1-2H3. The molecule has 0 aliphatic heterocycles. The van der Waals surface area contributed by atoms with Gasteiger partial charge in [0.05, 0.1) is 6.61 Å². The third-order valence-corrected chi connectivity index (χ3v) is 6.86. The molecule has 0 amide bonds. The fraction of sp³-hybridized carbons (Fsp3) is 0.561. The first-order valence-corrected chi connectivity index (χ1v) is 17.8. The molecule has 5 heteroatoms. The number of hydrogen-bond acceptors (Lipinski definition) is 5. The minimum absolute atomic E-state index is 0.117. The highest BCUT2D eigenvalue weighted by Crippen LogP contribution is 2.07. The first-order valence-electron chi connectivity index (χ1n) is 17.8. The summed E-state index contributed by atoms with van der Waals surface area (Å²) in [6.45, 7) is 3.88. The van der Waals surface area contributed by atoms with Crippen LogP contribution in [0.2, 0.25) is 0 Å². The Morgan fingerprint density at radius 3 is 1.39 bits per heavy atom. The fourth-order valence-corrected chi connectivity index (χ4v) is 4.18. The lowest BCUT2D eigenvalue weighted by molar-refractivity contribution is -0.161. The molecule has 0 aliphatic rings. The molecule has 0 saturated heterocycles. The molecule has 0 radical (unpaired) electrons. The molecular formula is C41H64O5. The van der Waals surface area contributed by atoms with Crippen LogP contribution in [0.25, 0.3) is 0 Å². The van der Waals surface area contributed by atoms with Crippen molar-refractivity contribution in [3.63, 3.8) is 0 Å². The van der Waals surface area contributed by atoms with Gasteiger partial charge in [0.25, 0.3) is 0 Å². The van der Waals surface area contributed by atoms with E-state index in [0.717, 1.165) is 70.6 Å². The molecule has 46 heavy (non-hydrogen) atoms. The predicted molar refractivity (Wildman–Crippen MR) is 195 cm³/mol. The molecule has 0 fully saturated rings. The summed E-state index contributed by atoms with van der Waals surface area (Å²) in [5.74, 6) is -0.717.